The summed E-state index contributed by atoms with van der Waals surface area (Å²) in [7, 11) is 0. The number of benzene rings is 1. The summed E-state index contributed by atoms with van der Waals surface area (Å²) in [5, 5.41) is 2.87. The fraction of sp³-hybridized carbons (Fsp3) is 0.0667. The SMILES string of the molecule is [N-]=[N+]=NC(=O)/C=C/c1ccc(C(=O)OCc2ccccc2)o1. The Morgan fingerprint density at radius 3 is 2.73 bits per heavy atom. The molecule has 7 heteroatoms. The number of rotatable bonds is 5. The largest absolute Gasteiger partial charge is 0.455 e. The number of hydrogen-bond acceptors (Lipinski definition) is 4. The van der Waals surface area contributed by atoms with Gasteiger partial charge in [-0.1, -0.05) is 30.3 Å². The van der Waals surface area contributed by atoms with Crippen LogP contribution in [0.5, 0.6) is 0 Å². The average molecular weight is 297 g/mol. The standard InChI is InChI=1S/C15H11N3O4/c16-18-17-14(19)9-7-12-6-8-13(22-12)15(20)21-10-11-4-2-1-3-5-11/h1-9H,10H2/b9-7+. The minimum atomic E-state index is -0.757. The fourth-order valence-electron chi connectivity index (χ4n) is 1.58. The predicted octanol–water partition coefficient (Wildman–Crippen LogP) is 3.49. The van der Waals surface area contributed by atoms with Crippen LogP contribution in [0, 0.1) is 0 Å². The molecule has 0 unspecified atom stereocenters. The Labute approximate surface area is 125 Å². The van der Waals surface area contributed by atoms with Gasteiger partial charge in [0.2, 0.25) is 11.7 Å². The van der Waals surface area contributed by atoms with Crippen molar-refractivity contribution in [2.45, 2.75) is 6.61 Å². The van der Waals surface area contributed by atoms with Crippen LogP contribution in [0.4, 0.5) is 0 Å². The van der Waals surface area contributed by atoms with E-state index in [-0.39, 0.29) is 18.1 Å². The minimum absolute atomic E-state index is 0.0202. The lowest BCUT2D eigenvalue weighted by atomic mass is 10.2. The molecule has 0 fully saturated rings. The number of esters is 1. The van der Waals surface area contributed by atoms with E-state index in [1.54, 1.807) is 0 Å². The molecular weight excluding hydrogens is 286 g/mol. The van der Waals surface area contributed by atoms with Crippen molar-refractivity contribution in [3.05, 3.63) is 76.1 Å². The molecule has 0 saturated carbocycles. The van der Waals surface area contributed by atoms with E-state index in [2.05, 4.69) is 10.0 Å². The van der Waals surface area contributed by atoms with Crippen molar-refractivity contribution >= 4 is 18.0 Å². The third-order valence-electron chi connectivity index (χ3n) is 2.57. The first-order valence-electron chi connectivity index (χ1n) is 6.27. The van der Waals surface area contributed by atoms with Crippen LogP contribution < -0.4 is 0 Å². The van der Waals surface area contributed by atoms with E-state index in [0.29, 0.717) is 0 Å². The summed E-state index contributed by atoms with van der Waals surface area (Å²) in [5.74, 6) is -1.07. The summed E-state index contributed by atoms with van der Waals surface area (Å²) in [5.41, 5.74) is 8.95. The van der Waals surface area contributed by atoms with Gasteiger partial charge in [0.05, 0.1) is 0 Å². The summed E-state index contributed by atoms with van der Waals surface area (Å²) in [6, 6.07) is 12.2. The number of furan rings is 1. The maximum absolute atomic E-state index is 11.8. The molecule has 0 saturated heterocycles. The number of azide groups is 1. The van der Waals surface area contributed by atoms with Gasteiger partial charge in [-0.15, -0.1) is 0 Å². The smallest absolute Gasteiger partial charge is 0.374 e. The number of hydrogen-bond donors (Lipinski definition) is 0. The van der Waals surface area contributed by atoms with Gasteiger partial charge in [-0.3, -0.25) is 4.79 Å². The molecular formula is C15H11N3O4. The fourth-order valence-corrected chi connectivity index (χ4v) is 1.58. The molecule has 0 aliphatic carbocycles. The number of ether oxygens (including phenoxy) is 1. The first-order valence-corrected chi connectivity index (χ1v) is 6.27. The molecule has 0 aliphatic heterocycles. The lowest BCUT2D eigenvalue weighted by Crippen LogP contribution is -2.03. The molecule has 1 aromatic heterocycles. The maximum Gasteiger partial charge on any atom is 0.374 e. The van der Waals surface area contributed by atoms with Gasteiger partial charge in [0, 0.05) is 4.91 Å². The molecule has 2 rings (SSSR count). The lowest BCUT2D eigenvalue weighted by Gasteiger charge is -2.02. The molecule has 7 nitrogen and oxygen atoms in total. The second kappa shape index (κ2) is 7.47. The lowest BCUT2D eigenvalue weighted by molar-refractivity contribution is -0.113. The highest BCUT2D eigenvalue weighted by Crippen LogP contribution is 2.12. The normalized spacial score (nSPS) is 10.2. The van der Waals surface area contributed by atoms with Crippen LogP contribution in [0.2, 0.25) is 0 Å². The van der Waals surface area contributed by atoms with Crippen molar-refractivity contribution in [2.75, 3.05) is 0 Å². The number of carbonyl (C=O) groups excluding carboxylic acids is 2. The third kappa shape index (κ3) is 4.36. The Balaban J connectivity index is 1.94. The second-order valence-electron chi connectivity index (χ2n) is 4.12. The van der Waals surface area contributed by atoms with Gasteiger partial charge >= 0.3 is 5.97 Å². The summed E-state index contributed by atoms with van der Waals surface area (Å²) in [6.07, 6.45) is 2.34. The summed E-state index contributed by atoms with van der Waals surface area (Å²) < 4.78 is 10.3. The Bertz CT molecular complexity index is 743. The van der Waals surface area contributed by atoms with Gasteiger partial charge in [-0.05, 0) is 40.5 Å². The van der Waals surface area contributed by atoms with Gasteiger partial charge in [0.25, 0.3) is 0 Å². The van der Waals surface area contributed by atoms with Crippen LogP contribution in [0.25, 0.3) is 16.5 Å². The first kappa shape index (κ1) is 15.1. The third-order valence-corrected chi connectivity index (χ3v) is 2.57. The van der Waals surface area contributed by atoms with Crippen LogP contribution in [0.1, 0.15) is 21.9 Å². The van der Waals surface area contributed by atoms with Gasteiger partial charge < -0.3 is 9.15 Å². The van der Waals surface area contributed by atoms with Gasteiger partial charge in [0.1, 0.15) is 12.4 Å². The number of nitrogens with zero attached hydrogens (tertiary/aromatic N) is 3. The van der Waals surface area contributed by atoms with Crippen molar-refractivity contribution in [3.8, 4) is 0 Å². The van der Waals surface area contributed by atoms with Crippen molar-refractivity contribution in [3.63, 3.8) is 0 Å². The number of amides is 1. The Morgan fingerprint density at radius 1 is 1.23 bits per heavy atom. The van der Waals surface area contributed by atoms with Crippen molar-refractivity contribution < 1.29 is 18.7 Å². The van der Waals surface area contributed by atoms with Crippen molar-refractivity contribution in [2.24, 2.45) is 5.11 Å². The van der Waals surface area contributed by atoms with Crippen molar-refractivity contribution in [1.29, 1.82) is 0 Å². The van der Waals surface area contributed by atoms with Crippen LogP contribution in [-0.4, -0.2) is 11.9 Å². The molecule has 0 spiro atoms. The molecule has 0 atom stereocenters. The van der Waals surface area contributed by atoms with Crippen LogP contribution in [0.3, 0.4) is 0 Å². The van der Waals surface area contributed by atoms with E-state index < -0.39 is 11.9 Å². The van der Waals surface area contributed by atoms with Crippen LogP contribution in [0.15, 0.2) is 58.1 Å². The highest BCUT2D eigenvalue weighted by atomic mass is 16.5. The molecule has 0 bridgehead atoms. The average Bonchev–Trinajstić information content (AvgIpc) is 3.01. The zero-order valence-electron chi connectivity index (χ0n) is 11.4. The van der Waals surface area contributed by atoms with Crippen LogP contribution >= 0.6 is 0 Å². The highest BCUT2D eigenvalue weighted by Gasteiger charge is 2.12. The topological polar surface area (TPSA) is 105 Å². The van der Waals surface area contributed by atoms with E-state index in [0.717, 1.165) is 11.6 Å². The maximum atomic E-state index is 11.8. The van der Waals surface area contributed by atoms with Gasteiger partial charge in [-0.2, -0.15) is 0 Å². The van der Waals surface area contributed by atoms with E-state index >= 15 is 0 Å². The second-order valence-corrected chi connectivity index (χ2v) is 4.12. The van der Waals surface area contributed by atoms with E-state index in [9.17, 15) is 9.59 Å². The monoisotopic (exact) mass is 297 g/mol. The molecule has 0 radical (unpaired) electrons. The Kier molecular flexibility index (Phi) is 5.12. The molecule has 1 heterocycles. The van der Waals surface area contributed by atoms with Gasteiger partial charge in [0.15, 0.2) is 0 Å². The molecule has 0 aliphatic rings. The van der Waals surface area contributed by atoms with E-state index in [4.69, 9.17) is 14.7 Å². The zero-order valence-corrected chi connectivity index (χ0v) is 11.4. The highest BCUT2D eigenvalue weighted by molar-refractivity contribution is 5.92. The van der Waals surface area contributed by atoms with Crippen molar-refractivity contribution in [1.82, 2.24) is 0 Å². The molecule has 1 amide bonds. The minimum Gasteiger partial charge on any atom is -0.455 e. The summed E-state index contributed by atoms with van der Waals surface area (Å²) in [6.45, 7) is 0.140. The molecule has 0 N–H and O–H groups in total. The molecule has 2 aromatic rings. The zero-order chi connectivity index (χ0) is 15.8. The molecule has 22 heavy (non-hydrogen) atoms. The molecule has 110 valence electrons. The van der Waals surface area contributed by atoms with Crippen LogP contribution in [-0.2, 0) is 16.1 Å². The van der Waals surface area contributed by atoms with E-state index in [1.165, 1.54) is 18.2 Å². The quantitative estimate of drug-likeness (QED) is 0.277. The first-order chi connectivity index (χ1) is 10.7. The number of carbonyl (C=O) groups is 2. The predicted molar refractivity (Wildman–Crippen MR) is 77.5 cm³/mol. The Morgan fingerprint density at radius 2 is 2.00 bits per heavy atom. The summed E-state index contributed by atoms with van der Waals surface area (Å²) >= 11 is 0. The van der Waals surface area contributed by atoms with Gasteiger partial charge in [-0.25, -0.2) is 4.79 Å². The Hall–Kier alpha value is -3.31. The van der Waals surface area contributed by atoms with E-state index in [1.807, 2.05) is 30.3 Å². The molecule has 1 aromatic carbocycles. The summed E-state index contributed by atoms with van der Waals surface area (Å²) in [4.78, 5) is 25.1.